The summed E-state index contributed by atoms with van der Waals surface area (Å²) in [7, 11) is 0. The first kappa shape index (κ1) is 20.3. The van der Waals surface area contributed by atoms with E-state index in [0.717, 1.165) is 63.7 Å². The number of hydrogen-bond acceptors (Lipinski definition) is 5. The maximum absolute atomic E-state index is 13.1. The van der Waals surface area contributed by atoms with Gasteiger partial charge < -0.3 is 4.74 Å². The van der Waals surface area contributed by atoms with E-state index in [9.17, 15) is 13.2 Å². The fourth-order valence-electron chi connectivity index (χ4n) is 4.30. The highest BCUT2D eigenvalue weighted by Crippen LogP contribution is 2.38. The minimum atomic E-state index is -4.44. The molecule has 1 saturated heterocycles. The monoisotopic (exact) mass is 409 g/mol. The zero-order valence-corrected chi connectivity index (χ0v) is 16.7. The smallest absolute Gasteiger partial charge is 0.379 e. The third-order valence-electron chi connectivity index (χ3n) is 5.80. The van der Waals surface area contributed by atoms with E-state index in [1.807, 2.05) is 18.5 Å². The lowest BCUT2D eigenvalue weighted by Crippen LogP contribution is -2.42. The highest BCUT2D eigenvalue weighted by molar-refractivity contribution is 5.54. The summed E-state index contributed by atoms with van der Waals surface area (Å²) < 4.78 is 46.5. The molecule has 1 aliphatic heterocycles. The molecule has 2 atom stereocenters. The minimum Gasteiger partial charge on any atom is -0.379 e. The Balaban J connectivity index is 1.59. The Morgan fingerprint density at radius 1 is 1.14 bits per heavy atom. The molecule has 158 valence electrons. The van der Waals surface area contributed by atoms with Gasteiger partial charge in [0.15, 0.2) is 5.82 Å². The van der Waals surface area contributed by atoms with Crippen LogP contribution in [0.2, 0.25) is 0 Å². The quantitative estimate of drug-likeness (QED) is 0.767. The van der Waals surface area contributed by atoms with E-state index in [1.54, 1.807) is 0 Å². The fraction of sp³-hybridized carbons (Fsp3) is 0.650. The van der Waals surface area contributed by atoms with Gasteiger partial charge in [0.25, 0.3) is 0 Å². The predicted octanol–water partition coefficient (Wildman–Crippen LogP) is 3.91. The molecule has 2 aliphatic rings. The second-order valence-corrected chi connectivity index (χ2v) is 8.10. The molecule has 2 aromatic rings. The van der Waals surface area contributed by atoms with Crippen molar-refractivity contribution >= 4 is 0 Å². The van der Waals surface area contributed by atoms with Crippen molar-refractivity contribution in [1.29, 1.82) is 0 Å². The van der Waals surface area contributed by atoms with Crippen molar-refractivity contribution in [2.24, 2.45) is 0 Å². The SMILES string of the molecule is CC(C)n1nc(-c2cncc(C(F)(F)F)c2)nc1[C@H]1CC[C@@H](N2CCOCC2)C1. The number of hydrogen-bond donors (Lipinski definition) is 0. The number of alkyl halides is 3. The molecule has 0 amide bonds. The topological polar surface area (TPSA) is 56.1 Å². The van der Waals surface area contributed by atoms with Crippen LogP contribution >= 0.6 is 0 Å². The predicted molar refractivity (Wildman–Crippen MR) is 101 cm³/mol. The number of ether oxygens (including phenoxy) is 1. The third kappa shape index (κ3) is 4.30. The average Bonchev–Trinajstić information content (AvgIpc) is 3.35. The largest absolute Gasteiger partial charge is 0.417 e. The summed E-state index contributed by atoms with van der Waals surface area (Å²) in [6.07, 6.45) is 0.872. The van der Waals surface area contributed by atoms with E-state index in [4.69, 9.17) is 4.74 Å². The molecule has 0 N–H and O–H groups in total. The van der Waals surface area contributed by atoms with E-state index in [1.165, 1.54) is 6.20 Å². The van der Waals surface area contributed by atoms with E-state index < -0.39 is 11.7 Å². The van der Waals surface area contributed by atoms with Crippen LogP contribution in [0.15, 0.2) is 18.5 Å². The number of pyridine rings is 1. The van der Waals surface area contributed by atoms with Crippen LogP contribution < -0.4 is 0 Å². The molecule has 2 fully saturated rings. The first-order valence-electron chi connectivity index (χ1n) is 10.1. The molecule has 0 unspecified atom stereocenters. The van der Waals surface area contributed by atoms with Gasteiger partial charge in [0.2, 0.25) is 0 Å². The number of aromatic nitrogens is 4. The van der Waals surface area contributed by atoms with Crippen molar-refractivity contribution in [2.75, 3.05) is 26.3 Å². The van der Waals surface area contributed by atoms with E-state index in [-0.39, 0.29) is 12.0 Å². The number of rotatable bonds is 4. The first-order valence-corrected chi connectivity index (χ1v) is 10.1. The third-order valence-corrected chi connectivity index (χ3v) is 5.80. The normalized spacial score (nSPS) is 23.8. The summed E-state index contributed by atoms with van der Waals surface area (Å²) in [6.45, 7) is 7.48. The average molecular weight is 409 g/mol. The molecule has 29 heavy (non-hydrogen) atoms. The standard InChI is InChI=1S/C20H26F3N5O/c1-13(2)28-19(14-3-4-17(10-14)27-5-7-29-8-6-27)25-18(26-28)15-9-16(12-24-11-15)20(21,22)23/h9,11-14,17H,3-8,10H2,1-2H3/t14-,17+/m0/s1. The van der Waals surface area contributed by atoms with Crippen LogP contribution in [0.4, 0.5) is 13.2 Å². The summed E-state index contributed by atoms with van der Waals surface area (Å²) in [6, 6.07) is 1.65. The highest BCUT2D eigenvalue weighted by Gasteiger charge is 2.35. The summed E-state index contributed by atoms with van der Waals surface area (Å²) in [5, 5.41) is 4.55. The Kier molecular flexibility index (Phi) is 5.61. The van der Waals surface area contributed by atoms with Crippen molar-refractivity contribution in [2.45, 2.75) is 57.3 Å². The lowest BCUT2D eigenvalue weighted by molar-refractivity contribution is -0.137. The molecule has 1 saturated carbocycles. The molecule has 4 rings (SSSR count). The molecule has 0 bridgehead atoms. The minimum absolute atomic E-state index is 0.0763. The second-order valence-electron chi connectivity index (χ2n) is 8.10. The van der Waals surface area contributed by atoms with Crippen LogP contribution in [0.1, 0.15) is 56.5 Å². The maximum Gasteiger partial charge on any atom is 0.417 e. The second kappa shape index (κ2) is 8.02. The van der Waals surface area contributed by atoms with Gasteiger partial charge in [0, 0.05) is 49.0 Å². The summed E-state index contributed by atoms with van der Waals surface area (Å²) in [5.74, 6) is 1.43. The van der Waals surface area contributed by atoms with Crippen molar-refractivity contribution in [3.63, 3.8) is 0 Å². The number of halogens is 3. The summed E-state index contributed by atoms with van der Waals surface area (Å²) in [4.78, 5) is 10.9. The molecular weight excluding hydrogens is 383 g/mol. The Morgan fingerprint density at radius 3 is 2.59 bits per heavy atom. The molecule has 2 aromatic heterocycles. The molecule has 0 spiro atoms. The zero-order valence-electron chi connectivity index (χ0n) is 16.7. The number of nitrogens with zero attached hydrogens (tertiary/aromatic N) is 5. The van der Waals surface area contributed by atoms with Gasteiger partial charge in [0.1, 0.15) is 5.82 Å². The van der Waals surface area contributed by atoms with Crippen molar-refractivity contribution in [3.8, 4) is 11.4 Å². The van der Waals surface area contributed by atoms with Gasteiger partial charge in [0.05, 0.1) is 18.8 Å². The van der Waals surface area contributed by atoms with Crippen LogP contribution in [0.3, 0.4) is 0 Å². The Hall–Kier alpha value is -2.00. The van der Waals surface area contributed by atoms with Crippen LogP contribution in [0, 0.1) is 0 Å². The van der Waals surface area contributed by atoms with Crippen molar-refractivity contribution in [1.82, 2.24) is 24.6 Å². The van der Waals surface area contributed by atoms with Gasteiger partial charge in [-0.05, 0) is 39.2 Å². The lowest BCUT2D eigenvalue weighted by atomic mass is 10.1. The van der Waals surface area contributed by atoms with E-state index in [0.29, 0.717) is 17.4 Å². The van der Waals surface area contributed by atoms with Crippen LogP contribution in [0.5, 0.6) is 0 Å². The van der Waals surface area contributed by atoms with Gasteiger partial charge in [-0.25, -0.2) is 9.67 Å². The maximum atomic E-state index is 13.1. The van der Waals surface area contributed by atoms with E-state index >= 15 is 0 Å². The fourth-order valence-corrected chi connectivity index (χ4v) is 4.30. The van der Waals surface area contributed by atoms with Gasteiger partial charge >= 0.3 is 6.18 Å². The first-order chi connectivity index (χ1) is 13.8. The molecule has 0 radical (unpaired) electrons. The molecule has 6 nitrogen and oxygen atoms in total. The Morgan fingerprint density at radius 2 is 1.90 bits per heavy atom. The summed E-state index contributed by atoms with van der Waals surface area (Å²) >= 11 is 0. The van der Waals surface area contributed by atoms with Gasteiger partial charge in [-0.2, -0.15) is 18.3 Å². The summed E-state index contributed by atoms with van der Waals surface area (Å²) in [5.41, 5.74) is -0.492. The van der Waals surface area contributed by atoms with Crippen LogP contribution in [0.25, 0.3) is 11.4 Å². The van der Waals surface area contributed by atoms with Crippen LogP contribution in [-0.4, -0.2) is 57.0 Å². The highest BCUT2D eigenvalue weighted by atomic mass is 19.4. The molecule has 9 heteroatoms. The van der Waals surface area contributed by atoms with Gasteiger partial charge in [-0.15, -0.1) is 0 Å². The Labute approximate surface area is 168 Å². The van der Waals surface area contributed by atoms with Gasteiger partial charge in [-0.1, -0.05) is 0 Å². The molecule has 3 heterocycles. The Bertz CT molecular complexity index is 845. The van der Waals surface area contributed by atoms with E-state index in [2.05, 4.69) is 20.0 Å². The number of morpholine rings is 1. The zero-order chi connectivity index (χ0) is 20.6. The van der Waals surface area contributed by atoms with Crippen molar-refractivity contribution in [3.05, 3.63) is 29.8 Å². The van der Waals surface area contributed by atoms with Crippen LogP contribution in [-0.2, 0) is 10.9 Å². The van der Waals surface area contributed by atoms with Crippen molar-refractivity contribution < 1.29 is 17.9 Å². The molecule has 1 aliphatic carbocycles. The lowest BCUT2D eigenvalue weighted by Gasteiger charge is -2.32. The van der Waals surface area contributed by atoms with Gasteiger partial charge in [-0.3, -0.25) is 9.88 Å². The molecular formula is C20H26F3N5O. The molecule has 0 aromatic carbocycles.